The molecule has 0 fully saturated rings. The van der Waals surface area contributed by atoms with Crippen molar-refractivity contribution in [3.63, 3.8) is 0 Å². The Bertz CT molecular complexity index is 802. The molecule has 0 amide bonds. The van der Waals surface area contributed by atoms with Crippen molar-refractivity contribution in [1.82, 2.24) is 4.98 Å². The second-order valence-corrected chi connectivity index (χ2v) is 6.16. The zero-order valence-electron chi connectivity index (χ0n) is 11.3. The number of benzene rings is 2. The molecular weight excluding hydrogens is 365 g/mol. The van der Waals surface area contributed by atoms with Crippen molar-refractivity contribution in [3.05, 3.63) is 69.8 Å². The van der Waals surface area contributed by atoms with Crippen LogP contribution < -0.4 is 5.43 Å². The third-order valence-electron chi connectivity index (χ3n) is 2.89. The van der Waals surface area contributed by atoms with Crippen LogP contribution >= 0.6 is 27.3 Å². The highest BCUT2D eigenvalue weighted by Crippen LogP contribution is 2.24. The molecule has 110 valence electrons. The summed E-state index contributed by atoms with van der Waals surface area (Å²) in [7, 11) is 0. The van der Waals surface area contributed by atoms with Crippen LogP contribution in [0.1, 0.15) is 5.56 Å². The van der Waals surface area contributed by atoms with Crippen LogP contribution in [0.3, 0.4) is 0 Å². The van der Waals surface area contributed by atoms with Crippen molar-refractivity contribution >= 4 is 38.6 Å². The summed E-state index contributed by atoms with van der Waals surface area (Å²) in [4.78, 5) is 4.46. The van der Waals surface area contributed by atoms with Crippen LogP contribution in [0, 0.1) is 5.82 Å². The molecule has 1 aromatic heterocycles. The Labute approximate surface area is 139 Å². The summed E-state index contributed by atoms with van der Waals surface area (Å²) >= 11 is 4.58. The molecule has 3 rings (SSSR count). The number of rotatable bonds is 4. The lowest BCUT2D eigenvalue weighted by Crippen LogP contribution is -1.91. The van der Waals surface area contributed by atoms with Crippen LogP contribution in [0.5, 0.6) is 0 Å². The predicted octanol–water partition coefficient (Wildman–Crippen LogP) is 5.16. The molecule has 0 aliphatic heterocycles. The first-order valence-electron chi connectivity index (χ1n) is 6.47. The standard InChI is InChI=1S/C16H11BrFN3S/c17-13-7-6-11(8-14(13)18)9-19-21-16-20-15(10-22-16)12-4-2-1-3-5-12/h1-10H,(H,20,21). The number of hydrogen-bond donors (Lipinski definition) is 1. The van der Waals surface area contributed by atoms with Crippen molar-refractivity contribution in [2.75, 3.05) is 5.43 Å². The van der Waals surface area contributed by atoms with Crippen LogP contribution in [0.15, 0.2) is 63.5 Å². The Hall–Kier alpha value is -2.05. The predicted molar refractivity (Wildman–Crippen MR) is 92.9 cm³/mol. The molecule has 0 atom stereocenters. The first kappa shape index (κ1) is 14.9. The Balaban J connectivity index is 1.68. The maximum Gasteiger partial charge on any atom is 0.203 e. The number of anilines is 1. The molecule has 0 saturated heterocycles. The molecule has 0 spiro atoms. The van der Waals surface area contributed by atoms with Gasteiger partial charge in [-0.25, -0.2) is 9.37 Å². The molecule has 22 heavy (non-hydrogen) atoms. The van der Waals surface area contributed by atoms with Gasteiger partial charge in [-0.15, -0.1) is 11.3 Å². The fraction of sp³-hybridized carbons (Fsp3) is 0. The third kappa shape index (κ3) is 3.58. The lowest BCUT2D eigenvalue weighted by atomic mass is 10.2. The smallest absolute Gasteiger partial charge is 0.203 e. The summed E-state index contributed by atoms with van der Waals surface area (Å²) in [6.45, 7) is 0. The van der Waals surface area contributed by atoms with Crippen LogP contribution in [-0.4, -0.2) is 11.2 Å². The minimum absolute atomic E-state index is 0.315. The zero-order valence-corrected chi connectivity index (χ0v) is 13.7. The average molecular weight is 376 g/mol. The maximum atomic E-state index is 13.4. The van der Waals surface area contributed by atoms with E-state index in [0.717, 1.165) is 11.3 Å². The highest BCUT2D eigenvalue weighted by molar-refractivity contribution is 9.10. The molecule has 3 nitrogen and oxygen atoms in total. The molecule has 1 N–H and O–H groups in total. The van der Waals surface area contributed by atoms with Crippen molar-refractivity contribution < 1.29 is 4.39 Å². The number of thiazole rings is 1. The van der Waals surface area contributed by atoms with E-state index < -0.39 is 0 Å². The molecule has 2 aromatic carbocycles. The van der Waals surface area contributed by atoms with E-state index in [2.05, 4.69) is 31.4 Å². The van der Waals surface area contributed by atoms with Gasteiger partial charge in [0.15, 0.2) is 0 Å². The molecule has 0 unspecified atom stereocenters. The maximum absolute atomic E-state index is 13.4. The first-order valence-corrected chi connectivity index (χ1v) is 8.15. The monoisotopic (exact) mass is 375 g/mol. The largest absolute Gasteiger partial charge is 0.253 e. The minimum atomic E-state index is -0.315. The van der Waals surface area contributed by atoms with Gasteiger partial charge in [-0.05, 0) is 33.6 Å². The lowest BCUT2D eigenvalue weighted by Gasteiger charge is -1.97. The minimum Gasteiger partial charge on any atom is -0.253 e. The van der Waals surface area contributed by atoms with Crippen LogP contribution in [0.4, 0.5) is 9.52 Å². The fourth-order valence-electron chi connectivity index (χ4n) is 1.82. The van der Waals surface area contributed by atoms with E-state index in [9.17, 15) is 4.39 Å². The van der Waals surface area contributed by atoms with Crippen molar-refractivity contribution in [1.29, 1.82) is 0 Å². The molecule has 0 radical (unpaired) electrons. The number of hydrogen-bond acceptors (Lipinski definition) is 4. The van der Waals surface area contributed by atoms with Gasteiger partial charge in [-0.3, -0.25) is 5.43 Å². The highest BCUT2D eigenvalue weighted by atomic mass is 79.9. The quantitative estimate of drug-likeness (QED) is 0.505. The van der Waals surface area contributed by atoms with Gasteiger partial charge >= 0.3 is 0 Å². The Morgan fingerprint density at radius 3 is 2.77 bits per heavy atom. The van der Waals surface area contributed by atoms with E-state index in [0.29, 0.717) is 15.2 Å². The summed E-state index contributed by atoms with van der Waals surface area (Å²) in [5.74, 6) is -0.315. The zero-order chi connectivity index (χ0) is 15.4. The number of hydrazone groups is 1. The topological polar surface area (TPSA) is 37.3 Å². The summed E-state index contributed by atoms with van der Waals surface area (Å²) in [6.07, 6.45) is 1.55. The van der Waals surface area contributed by atoms with Gasteiger partial charge in [0.1, 0.15) is 5.82 Å². The second-order valence-electron chi connectivity index (χ2n) is 4.45. The van der Waals surface area contributed by atoms with Crippen molar-refractivity contribution in [2.45, 2.75) is 0 Å². The SMILES string of the molecule is Fc1cc(C=NNc2nc(-c3ccccc3)cs2)ccc1Br. The van der Waals surface area contributed by atoms with E-state index in [1.807, 2.05) is 35.7 Å². The van der Waals surface area contributed by atoms with E-state index >= 15 is 0 Å². The van der Waals surface area contributed by atoms with E-state index in [-0.39, 0.29) is 5.82 Å². The van der Waals surface area contributed by atoms with E-state index in [1.54, 1.807) is 18.3 Å². The Kier molecular flexibility index (Phi) is 4.60. The van der Waals surface area contributed by atoms with Crippen molar-refractivity contribution in [3.8, 4) is 11.3 Å². The van der Waals surface area contributed by atoms with E-state index in [1.165, 1.54) is 17.4 Å². The molecule has 0 aliphatic carbocycles. The molecule has 1 heterocycles. The van der Waals surface area contributed by atoms with Gasteiger partial charge in [0.25, 0.3) is 0 Å². The normalized spacial score (nSPS) is 11.0. The molecule has 0 aliphatic rings. The van der Waals surface area contributed by atoms with Crippen LogP contribution in [0.25, 0.3) is 11.3 Å². The molecular formula is C16H11BrFN3S. The van der Waals surface area contributed by atoms with E-state index in [4.69, 9.17) is 0 Å². The van der Waals surface area contributed by atoms with Gasteiger partial charge < -0.3 is 0 Å². The average Bonchev–Trinajstić information content (AvgIpc) is 3.01. The third-order valence-corrected chi connectivity index (χ3v) is 4.28. The van der Waals surface area contributed by atoms with Gasteiger partial charge in [-0.2, -0.15) is 5.10 Å². The van der Waals surface area contributed by atoms with Crippen LogP contribution in [0.2, 0.25) is 0 Å². The summed E-state index contributed by atoms with van der Waals surface area (Å²) in [5.41, 5.74) is 5.50. The number of nitrogens with one attached hydrogen (secondary N) is 1. The number of aromatic nitrogens is 1. The van der Waals surface area contributed by atoms with Gasteiger partial charge in [0.2, 0.25) is 5.13 Å². The van der Waals surface area contributed by atoms with Gasteiger partial charge in [0.05, 0.1) is 16.4 Å². The second kappa shape index (κ2) is 6.81. The van der Waals surface area contributed by atoms with Gasteiger partial charge in [0, 0.05) is 10.9 Å². The molecule has 0 saturated carbocycles. The number of nitrogens with zero attached hydrogens (tertiary/aromatic N) is 2. The first-order chi connectivity index (χ1) is 10.7. The lowest BCUT2D eigenvalue weighted by molar-refractivity contribution is 0.621. The summed E-state index contributed by atoms with van der Waals surface area (Å²) in [6, 6.07) is 14.8. The number of halogens is 2. The molecule has 0 bridgehead atoms. The van der Waals surface area contributed by atoms with Crippen molar-refractivity contribution in [2.24, 2.45) is 5.10 Å². The fourth-order valence-corrected chi connectivity index (χ4v) is 2.74. The van der Waals surface area contributed by atoms with Crippen LogP contribution in [-0.2, 0) is 0 Å². The molecule has 3 aromatic rings. The molecule has 6 heteroatoms. The Morgan fingerprint density at radius 2 is 2.00 bits per heavy atom. The summed E-state index contributed by atoms with van der Waals surface area (Å²) < 4.78 is 13.8. The highest BCUT2D eigenvalue weighted by Gasteiger charge is 2.03. The van der Waals surface area contributed by atoms with Gasteiger partial charge in [-0.1, -0.05) is 36.4 Å². The summed E-state index contributed by atoms with van der Waals surface area (Å²) in [5, 5.41) is 6.73. The Morgan fingerprint density at radius 1 is 1.18 bits per heavy atom.